The molecule has 1 aliphatic heterocycles. The van der Waals surface area contributed by atoms with Gasteiger partial charge in [0.1, 0.15) is 6.04 Å². The summed E-state index contributed by atoms with van der Waals surface area (Å²) in [4.78, 5) is 40.7. The molecule has 0 unspecified atom stereocenters. The quantitative estimate of drug-likeness (QED) is 0.578. The summed E-state index contributed by atoms with van der Waals surface area (Å²) in [6.45, 7) is 0.211. The van der Waals surface area contributed by atoms with Gasteiger partial charge < -0.3 is 14.5 Å². The van der Waals surface area contributed by atoms with Gasteiger partial charge in [-0.1, -0.05) is 0 Å². The zero-order valence-corrected chi connectivity index (χ0v) is 17.9. The van der Waals surface area contributed by atoms with Crippen LogP contribution >= 0.6 is 11.3 Å². The van der Waals surface area contributed by atoms with E-state index in [1.54, 1.807) is 11.6 Å². The van der Waals surface area contributed by atoms with Gasteiger partial charge in [0.05, 0.1) is 15.9 Å². The van der Waals surface area contributed by atoms with E-state index in [1.165, 1.54) is 52.5 Å². The highest BCUT2D eigenvalue weighted by atomic mass is 32.2. The van der Waals surface area contributed by atoms with Gasteiger partial charge in [-0.3, -0.25) is 14.4 Å². The van der Waals surface area contributed by atoms with Crippen molar-refractivity contribution in [1.29, 1.82) is 0 Å². The van der Waals surface area contributed by atoms with Crippen LogP contribution in [0.5, 0.6) is 0 Å². The first-order valence-corrected chi connectivity index (χ1v) is 11.5. The minimum Gasteiger partial charge on any atom is -0.305 e. The Morgan fingerprint density at radius 2 is 1.87 bits per heavy atom. The van der Waals surface area contributed by atoms with Gasteiger partial charge in [-0.15, -0.1) is 11.3 Å². The summed E-state index contributed by atoms with van der Waals surface area (Å²) in [5, 5.41) is 4.78. The van der Waals surface area contributed by atoms with Crippen LogP contribution in [-0.2, 0) is 28.9 Å². The zero-order valence-electron chi connectivity index (χ0n) is 16.2. The van der Waals surface area contributed by atoms with Gasteiger partial charge in [-0.05, 0) is 31.0 Å². The van der Waals surface area contributed by atoms with Gasteiger partial charge in [0.25, 0.3) is 0 Å². The molecule has 1 aliphatic rings. The summed E-state index contributed by atoms with van der Waals surface area (Å²) in [5.74, 6) is -0.429. The number of sulfonamides is 1. The standard InChI is InChI=1S/C18H19N5O5S2/c1-21-12-6-5-11(10-14(12)22(2)17(26)16(21)25)30(27,28)23-8-3-4-13(23)15(24)20-18-19-7-9-29-18/h5-7,9-10,13H,3-4,8H2,1-2H3,(H,19,20,24)/t13-/m0/s1. The fourth-order valence-corrected chi connectivity index (χ4v) is 5.83. The highest BCUT2D eigenvalue weighted by molar-refractivity contribution is 7.89. The number of nitrogens with zero attached hydrogens (tertiary/aromatic N) is 4. The molecule has 1 saturated heterocycles. The molecule has 0 saturated carbocycles. The molecule has 0 radical (unpaired) electrons. The molecule has 3 aromatic rings. The SMILES string of the molecule is Cn1c(=O)c(=O)n(C)c2cc(S(=O)(=O)N3CCC[C@H]3C(=O)Nc3nccs3)ccc21. The molecular formula is C18H19N5O5S2. The van der Waals surface area contributed by atoms with Crippen molar-refractivity contribution in [3.05, 3.63) is 50.5 Å². The van der Waals surface area contributed by atoms with Crippen molar-refractivity contribution in [3.8, 4) is 0 Å². The first-order valence-electron chi connectivity index (χ1n) is 9.14. The average molecular weight is 450 g/mol. The number of rotatable bonds is 4. The largest absolute Gasteiger partial charge is 0.316 e. The number of thiazole rings is 1. The van der Waals surface area contributed by atoms with Crippen LogP contribution in [-0.4, -0.2) is 45.3 Å². The monoisotopic (exact) mass is 449 g/mol. The lowest BCUT2D eigenvalue weighted by molar-refractivity contribution is -0.119. The first-order chi connectivity index (χ1) is 14.2. The lowest BCUT2D eigenvalue weighted by atomic mass is 10.2. The maximum atomic E-state index is 13.3. The van der Waals surface area contributed by atoms with E-state index in [2.05, 4.69) is 10.3 Å². The topological polar surface area (TPSA) is 123 Å². The second-order valence-electron chi connectivity index (χ2n) is 6.98. The average Bonchev–Trinajstić information content (AvgIpc) is 3.42. The number of carbonyl (C=O) groups is 1. The molecule has 0 bridgehead atoms. The number of fused-ring (bicyclic) bond motifs is 1. The van der Waals surface area contributed by atoms with Crippen LogP contribution in [0.25, 0.3) is 11.0 Å². The van der Waals surface area contributed by atoms with Crippen molar-refractivity contribution in [3.63, 3.8) is 0 Å². The number of anilines is 1. The normalized spacial score (nSPS) is 17.5. The van der Waals surface area contributed by atoms with Crippen LogP contribution in [0.2, 0.25) is 0 Å². The highest BCUT2D eigenvalue weighted by Gasteiger charge is 2.39. The van der Waals surface area contributed by atoms with E-state index in [9.17, 15) is 22.8 Å². The Kier molecular flexibility index (Phi) is 5.08. The van der Waals surface area contributed by atoms with Crippen molar-refractivity contribution in [1.82, 2.24) is 18.4 Å². The van der Waals surface area contributed by atoms with Crippen molar-refractivity contribution in [2.75, 3.05) is 11.9 Å². The van der Waals surface area contributed by atoms with Gasteiger partial charge in [0, 0.05) is 32.2 Å². The van der Waals surface area contributed by atoms with E-state index in [-0.39, 0.29) is 11.4 Å². The van der Waals surface area contributed by atoms with E-state index in [1.807, 2.05) is 0 Å². The van der Waals surface area contributed by atoms with Crippen molar-refractivity contribution < 1.29 is 13.2 Å². The molecule has 4 rings (SSSR count). The molecule has 1 fully saturated rings. The summed E-state index contributed by atoms with van der Waals surface area (Å²) < 4.78 is 30.1. The van der Waals surface area contributed by atoms with Crippen LogP contribution in [0.15, 0.2) is 44.3 Å². The van der Waals surface area contributed by atoms with Crippen molar-refractivity contribution >= 4 is 43.4 Å². The van der Waals surface area contributed by atoms with E-state index in [4.69, 9.17) is 0 Å². The number of amides is 1. The number of hydrogen-bond acceptors (Lipinski definition) is 7. The molecule has 30 heavy (non-hydrogen) atoms. The summed E-state index contributed by atoms with van der Waals surface area (Å²) >= 11 is 1.25. The van der Waals surface area contributed by atoms with Crippen LogP contribution < -0.4 is 16.4 Å². The van der Waals surface area contributed by atoms with E-state index in [0.717, 1.165) is 4.57 Å². The van der Waals surface area contributed by atoms with E-state index < -0.39 is 33.1 Å². The fourth-order valence-electron chi connectivity index (χ4n) is 3.62. The summed E-state index contributed by atoms with van der Waals surface area (Å²) in [6, 6.07) is 3.39. The number of nitrogens with one attached hydrogen (secondary N) is 1. The van der Waals surface area contributed by atoms with E-state index in [0.29, 0.717) is 29.0 Å². The smallest absolute Gasteiger partial charge is 0.305 e. The number of aryl methyl sites for hydroxylation is 2. The molecule has 1 aromatic carbocycles. The molecular weight excluding hydrogens is 430 g/mol. The molecule has 1 amide bonds. The Bertz CT molecular complexity index is 1360. The molecule has 1 atom stereocenters. The Morgan fingerprint density at radius 1 is 1.17 bits per heavy atom. The van der Waals surface area contributed by atoms with Crippen LogP contribution in [0, 0.1) is 0 Å². The van der Waals surface area contributed by atoms with Gasteiger partial charge in [0.2, 0.25) is 15.9 Å². The van der Waals surface area contributed by atoms with Crippen molar-refractivity contribution in [2.45, 2.75) is 23.8 Å². The molecule has 158 valence electrons. The van der Waals surface area contributed by atoms with Gasteiger partial charge in [-0.25, -0.2) is 13.4 Å². The summed E-state index contributed by atoms with van der Waals surface area (Å²) in [7, 11) is -1.13. The number of hydrogen-bond donors (Lipinski definition) is 1. The lowest BCUT2D eigenvalue weighted by Crippen LogP contribution is -2.43. The van der Waals surface area contributed by atoms with Crippen molar-refractivity contribution in [2.24, 2.45) is 14.1 Å². The third-order valence-corrected chi connectivity index (χ3v) is 7.83. The van der Waals surface area contributed by atoms with Crippen LogP contribution in [0.4, 0.5) is 5.13 Å². The first kappa shape index (κ1) is 20.4. The molecule has 2 aromatic heterocycles. The Hall–Kier alpha value is -2.83. The van der Waals surface area contributed by atoms with Gasteiger partial charge in [-0.2, -0.15) is 4.31 Å². The Balaban J connectivity index is 1.74. The maximum absolute atomic E-state index is 13.3. The summed E-state index contributed by atoms with van der Waals surface area (Å²) in [6.07, 6.45) is 2.50. The lowest BCUT2D eigenvalue weighted by Gasteiger charge is -2.23. The maximum Gasteiger partial charge on any atom is 0.316 e. The second-order valence-corrected chi connectivity index (χ2v) is 9.76. The van der Waals surface area contributed by atoms with Gasteiger partial charge in [0.15, 0.2) is 5.13 Å². The molecule has 10 nitrogen and oxygen atoms in total. The molecule has 1 N–H and O–H groups in total. The highest BCUT2D eigenvalue weighted by Crippen LogP contribution is 2.28. The van der Waals surface area contributed by atoms with Crippen LogP contribution in [0.1, 0.15) is 12.8 Å². The Labute approximate surface area is 175 Å². The minimum absolute atomic E-state index is 0.0439. The van der Waals surface area contributed by atoms with E-state index >= 15 is 0 Å². The fraction of sp³-hybridized carbons (Fsp3) is 0.333. The Morgan fingerprint density at radius 3 is 2.53 bits per heavy atom. The number of benzene rings is 1. The van der Waals surface area contributed by atoms with Gasteiger partial charge >= 0.3 is 11.1 Å². The second kappa shape index (κ2) is 7.45. The summed E-state index contributed by atoms with van der Waals surface area (Å²) in [5.41, 5.74) is -0.702. The van der Waals surface area contributed by atoms with Crippen LogP contribution in [0.3, 0.4) is 0 Å². The zero-order chi connectivity index (χ0) is 21.6. The number of aromatic nitrogens is 3. The third kappa shape index (κ3) is 3.26. The molecule has 12 heteroatoms. The minimum atomic E-state index is -4.00. The molecule has 0 spiro atoms. The third-order valence-electron chi connectivity index (χ3n) is 5.24. The predicted octanol–water partition coefficient (Wildman–Crippen LogP) is 0.486. The molecule has 0 aliphatic carbocycles. The number of carbonyl (C=O) groups excluding carboxylic acids is 1. The predicted molar refractivity (Wildman–Crippen MR) is 112 cm³/mol. The molecule has 3 heterocycles.